The van der Waals surface area contributed by atoms with Crippen molar-refractivity contribution in [1.82, 2.24) is 8.61 Å². The smallest absolute Gasteiger partial charge is 0.282 e. The molecule has 2 rings (SSSR count). The molecule has 25 heavy (non-hydrogen) atoms. The first-order valence-corrected chi connectivity index (χ1v) is 11.4. The second kappa shape index (κ2) is 9.37. The minimum atomic E-state index is -3.46. The van der Waals surface area contributed by atoms with E-state index in [1.807, 2.05) is 38.3 Å². The molecule has 0 aliphatic carbocycles. The minimum absolute atomic E-state index is 0.0837. The first-order chi connectivity index (χ1) is 11.9. The third-order valence-electron chi connectivity index (χ3n) is 4.65. The Balaban J connectivity index is 2.12. The Labute approximate surface area is 156 Å². The summed E-state index contributed by atoms with van der Waals surface area (Å²) in [6.07, 6.45) is 3.75. The molecule has 7 heteroatoms. The van der Waals surface area contributed by atoms with Gasteiger partial charge in [0.15, 0.2) is 0 Å². The number of thioether (sulfide) groups is 1. The van der Waals surface area contributed by atoms with E-state index in [2.05, 4.69) is 6.07 Å². The van der Waals surface area contributed by atoms with Crippen LogP contribution in [0.4, 0.5) is 0 Å². The molecule has 1 aliphatic heterocycles. The predicted molar refractivity (Wildman–Crippen MR) is 104 cm³/mol. The first-order valence-electron chi connectivity index (χ1n) is 8.77. The lowest BCUT2D eigenvalue weighted by Gasteiger charge is -2.36. The summed E-state index contributed by atoms with van der Waals surface area (Å²) in [6, 6.07) is 8.01. The third kappa shape index (κ3) is 5.44. The number of methoxy groups -OCH3 is 1. The molecule has 5 nitrogen and oxygen atoms in total. The fraction of sp³-hybridized carbons (Fsp3) is 0.667. The van der Waals surface area contributed by atoms with Gasteiger partial charge in [-0.05, 0) is 56.6 Å². The van der Waals surface area contributed by atoms with Gasteiger partial charge < -0.3 is 4.74 Å². The molecule has 0 unspecified atom stereocenters. The standard InChI is InChI=1S/C18H30N2O3S2/c1-15(2)20(13-17-6-5-7-18(12-17)24-4)25(21,22)19-10-8-16(9-11-19)14-23-3/h5-7,12,15-16H,8-11,13-14H2,1-4H3. The quantitative estimate of drug-likeness (QED) is 0.644. The Hall–Kier alpha value is -0.600. The van der Waals surface area contributed by atoms with Crippen molar-refractivity contribution in [3.05, 3.63) is 29.8 Å². The molecular weight excluding hydrogens is 356 g/mol. The SMILES string of the molecule is COCC1CCN(S(=O)(=O)N(Cc2cccc(SC)c2)C(C)C)CC1. The molecule has 1 aromatic rings. The van der Waals surface area contributed by atoms with Crippen molar-refractivity contribution in [2.75, 3.05) is 33.1 Å². The first kappa shape index (κ1) is 20.7. The number of hydrogen-bond donors (Lipinski definition) is 0. The van der Waals surface area contributed by atoms with E-state index in [1.165, 1.54) is 0 Å². The Bertz CT molecular complexity index is 641. The summed E-state index contributed by atoms with van der Waals surface area (Å²) in [5, 5.41) is 0. The van der Waals surface area contributed by atoms with Crippen molar-refractivity contribution in [3.8, 4) is 0 Å². The van der Waals surface area contributed by atoms with Crippen molar-refractivity contribution < 1.29 is 13.2 Å². The molecule has 1 fully saturated rings. The molecular formula is C18H30N2O3S2. The summed E-state index contributed by atoms with van der Waals surface area (Å²) >= 11 is 1.67. The van der Waals surface area contributed by atoms with Crippen LogP contribution < -0.4 is 0 Å². The van der Waals surface area contributed by atoms with Crippen LogP contribution in [0, 0.1) is 5.92 Å². The lowest BCUT2D eigenvalue weighted by atomic mass is 9.99. The number of hydrogen-bond acceptors (Lipinski definition) is 4. The normalized spacial score (nSPS) is 17.5. The third-order valence-corrected chi connectivity index (χ3v) is 7.53. The highest BCUT2D eigenvalue weighted by Crippen LogP contribution is 2.25. The molecule has 1 saturated heterocycles. The molecule has 1 aromatic carbocycles. The molecule has 1 aliphatic rings. The number of nitrogens with zero attached hydrogens (tertiary/aromatic N) is 2. The second-order valence-electron chi connectivity index (χ2n) is 6.80. The van der Waals surface area contributed by atoms with Crippen molar-refractivity contribution >= 4 is 22.0 Å². The largest absolute Gasteiger partial charge is 0.384 e. The fourth-order valence-corrected chi connectivity index (χ4v) is 5.47. The lowest BCUT2D eigenvalue weighted by molar-refractivity contribution is 0.119. The van der Waals surface area contributed by atoms with Crippen LogP contribution >= 0.6 is 11.8 Å². The van der Waals surface area contributed by atoms with Gasteiger partial charge in [0.25, 0.3) is 10.2 Å². The van der Waals surface area contributed by atoms with E-state index < -0.39 is 10.2 Å². The Morgan fingerprint density at radius 1 is 1.32 bits per heavy atom. The highest BCUT2D eigenvalue weighted by Gasteiger charge is 2.34. The zero-order valence-electron chi connectivity index (χ0n) is 15.6. The number of benzene rings is 1. The highest BCUT2D eigenvalue weighted by molar-refractivity contribution is 7.98. The van der Waals surface area contributed by atoms with Gasteiger partial charge in [0, 0.05) is 44.3 Å². The van der Waals surface area contributed by atoms with Crippen LogP contribution in [-0.2, 0) is 21.5 Å². The molecule has 0 aromatic heterocycles. The average Bonchev–Trinajstić information content (AvgIpc) is 2.60. The van der Waals surface area contributed by atoms with Gasteiger partial charge in [0.2, 0.25) is 0 Å². The minimum Gasteiger partial charge on any atom is -0.384 e. The summed E-state index contributed by atoms with van der Waals surface area (Å²) in [6.45, 7) is 6.14. The molecule has 0 saturated carbocycles. The zero-order chi connectivity index (χ0) is 18.4. The van der Waals surface area contributed by atoms with Crippen molar-refractivity contribution in [3.63, 3.8) is 0 Å². The van der Waals surface area contributed by atoms with Crippen LogP contribution in [0.15, 0.2) is 29.2 Å². The molecule has 142 valence electrons. The Morgan fingerprint density at radius 2 is 2.00 bits per heavy atom. The van der Waals surface area contributed by atoms with Crippen LogP contribution in [0.1, 0.15) is 32.3 Å². The average molecular weight is 387 g/mol. The molecule has 0 N–H and O–H groups in total. The molecule has 0 spiro atoms. The number of rotatable bonds is 8. The van der Waals surface area contributed by atoms with E-state index in [0.717, 1.165) is 23.3 Å². The van der Waals surface area contributed by atoms with E-state index in [-0.39, 0.29) is 6.04 Å². The van der Waals surface area contributed by atoms with Crippen LogP contribution in [0.5, 0.6) is 0 Å². The molecule has 0 radical (unpaired) electrons. The Morgan fingerprint density at radius 3 is 2.56 bits per heavy atom. The van der Waals surface area contributed by atoms with Crippen molar-refractivity contribution in [1.29, 1.82) is 0 Å². The van der Waals surface area contributed by atoms with Gasteiger partial charge in [-0.15, -0.1) is 11.8 Å². The summed E-state index contributed by atoms with van der Waals surface area (Å²) in [5.74, 6) is 0.460. The van der Waals surface area contributed by atoms with E-state index in [4.69, 9.17) is 4.74 Å². The van der Waals surface area contributed by atoms with E-state index in [1.54, 1.807) is 27.5 Å². The van der Waals surface area contributed by atoms with Crippen molar-refractivity contribution in [2.24, 2.45) is 5.92 Å². The summed E-state index contributed by atoms with van der Waals surface area (Å²) in [5.41, 5.74) is 1.03. The molecule has 0 atom stereocenters. The molecule has 1 heterocycles. The maximum absolute atomic E-state index is 13.2. The van der Waals surface area contributed by atoms with Gasteiger partial charge in [-0.25, -0.2) is 0 Å². The van der Waals surface area contributed by atoms with Crippen LogP contribution in [0.2, 0.25) is 0 Å². The second-order valence-corrected chi connectivity index (χ2v) is 9.56. The van der Waals surface area contributed by atoms with E-state index in [0.29, 0.717) is 32.2 Å². The van der Waals surface area contributed by atoms with Crippen LogP contribution in [0.3, 0.4) is 0 Å². The lowest BCUT2D eigenvalue weighted by Crippen LogP contribution is -2.49. The van der Waals surface area contributed by atoms with Crippen LogP contribution in [0.25, 0.3) is 0 Å². The van der Waals surface area contributed by atoms with Gasteiger partial charge in [-0.3, -0.25) is 0 Å². The van der Waals surface area contributed by atoms with Crippen LogP contribution in [-0.4, -0.2) is 56.1 Å². The van der Waals surface area contributed by atoms with Crippen molar-refractivity contribution in [2.45, 2.75) is 44.2 Å². The molecule has 0 amide bonds. The topological polar surface area (TPSA) is 49.9 Å². The maximum atomic E-state index is 13.2. The number of ether oxygens (including phenoxy) is 1. The summed E-state index contributed by atoms with van der Waals surface area (Å²) in [7, 11) is -1.76. The maximum Gasteiger partial charge on any atom is 0.282 e. The van der Waals surface area contributed by atoms with Gasteiger partial charge in [0.1, 0.15) is 0 Å². The van der Waals surface area contributed by atoms with Gasteiger partial charge in [-0.2, -0.15) is 17.0 Å². The monoisotopic (exact) mass is 386 g/mol. The molecule has 0 bridgehead atoms. The summed E-state index contributed by atoms with van der Waals surface area (Å²) < 4.78 is 34.8. The zero-order valence-corrected chi connectivity index (χ0v) is 17.3. The van der Waals surface area contributed by atoms with Gasteiger partial charge >= 0.3 is 0 Å². The van der Waals surface area contributed by atoms with Gasteiger partial charge in [0.05, 0.1) is 0 Å². The highest BCUT2D eigenvalue weighted by atomic mass is 32.2. The van der Waals surface area contributed by atoms with E-state index in [9.17, 15) is 8.42 Å². The summed E-state index contributed by atoms with van der Waals surface area (Å²) in [4.78, 5) is 1.15. The predicted octanol–water partition coefficient (Wildman–Crippen LogP) is 3.22. The number of piperidine rings is 1. The fourth-order valence-electron chi connectivity index (χ4n) is 3.17. The Kier molecular flexibility index (Phi) is 7.76. The van der Waals surface area contributed by atoms with E-state index >= 15 is 0 Å². The van der Waals surface area contributed by atoms with Gasteiger partial charge in [-0.1, -0.05) is 12.1 Å².